The van der Waals surface area contributed by atoms with Gasteiger partial charge in [0, 0.05) is 11.1 Å². The topological polar surface area (TPSA) is 30.9 Å². The third-order valence-electron chi connectivity index (χ3n) is 8.52. The molecule has 4 rings (SSSR count). The highest BCUT2D eigenvalue weighted by Gasteiger charge is 2.48. The van der Waals surface area contributed by atoms with Crippen molar-refractivity contribution in [1.82, 2.24) is 5.06 Å². The lowest BCUT2D eigenvalue weighted by molar-refractivity contribution is -0.291. The van der Waals surface area contributed by atoms with E-state index in [9.17, 15) is 0 Å². The SMILES string of the molecule is C=CCC/C=C\CCON1C(C)(C)CC(C2CCC(c3ccc(-c4ccc(OC)cc4)cc3)OC2)CC1(C)C. The number of methoxy groups -OCH3 is 1. The van der Waals surface area contributed by atoms with Crippen molar-refractivity contribution in [2.45, 2.75) is 89.8 Å². The molecule has 0 N–H and O–H groups in total. The summed E-state index contributed by atoms with van der Waals surface area (Å²) >= 11 is 0. The molecule has 2 heterocycles. The Morgan fingerprint density at radius 1 is 0.846 bits per heavy atom. The van der Waals surface area contributed by atoms with Crippen LogP contribution >= 0.6 is 0 Å². The molecule has 0 saturated carbocycles. The van der Waals surface area contributed by atoms with Gasteiger partial charge in [-0.25, -0.2) is 0 Å². The Bertz CT molecular complexity index is 1040. The molecule has 0 amide bonds. The van der Waals surface area contributed by atoms with Crippen molar-refractivity contribution in [2.24, 2.45) is 11.8 Å². The molecule has 0 aromatic heterocycles. The smallest absolute Gasteiger partial charge is 0.118 e. The number of allylic oxidation sites excluding steroid dienone is 2. The molecule has 0 aliphatic carbocycles. The van der Waals surface area contributed by atoms with Crippen molar-refractivity contribution < 1.29 is 14.3 Å². The molecular weight excluding hydrogens is 482 g/mol. The molecule has 0 radical (unpaired) electrons. The first-order valence-corrected chi connectivity index (χ1v) is 14.8. The molecule has 0 spiro atoms. The van der Waals surface area contributed by atoms with Crippen LogP contribution in [0.4, 0.5) is 0 Å². The Morgan fingerprint density at radius 2 is 1.46 bits per heavy atom. The Kier molecular flexibility index (Phi) is 10.1. The summed E-state index contributed by atoms with van der Waals surface area (Å²) in [6.07, 6.45) is 14.3. The van der Waals surface area contributed by atoms with Crippen molar-refractivity contribution in [3.8, 4) is 16.9 Å². The average molecular weight is 532 g/mol. The predicted molar refractivity (Wildman–Crippen MR) is 162 cm³/mol. The van der Waals surface area contributed by atoms with Crippen LogP contribution < -0.4 is 4.74 Å². The second-order valence-corrected chi connectivity index (χ2v) is 12.6. The average Bonchev–Trinajstić information content (AvgIpc) is 2.93. The van der Waals surface area contributed by atoms with Crippen LogP contribution in [0, 0.1) is 11.8 Å². The van der Waals surface area contributed by atoms with Gasteiger partial charge in [0.15, 0.2) is 0 Å². The third kappa shape index (κ3) is 7.63. The lowest BCUT2D eigenvalue weighted by Crippen LogP contribution is -2.61. The van der Waals surface area contributed by atoms with Gasteiger partial charge in [0.05, 0.1) is 26.4 Å². The highest BCUT2D eigenvalue weighted by Crippen LogP contribution is 2.47. The maximum atomic E-state index is 6.51. The largest absolute Gasteiger partial charge is 0.497 e. The molecular formula is C35H49NO3. The van der Waals surface area contributed by atoms with Crippen LogP contribution in [0.3, 0.4) is 0 Å². The van der Waals surface area contributed by atoms with Gasteiger partial charge in [-0.1, -0.05) is 54.6 Å². The van der Waals surface area contributed by atoms with Gasteiger partial charge >= 0.3 is 0 Å². The van der Waals surface area contributed by atoms with E-state index in [1.165, 1.54) is 23.1 Å². The Labute approximate surface area is 237 Å². The number of hydrogen-bond acceptors (Lipinski definition) is 4. The standard InChI is InChI=1S/C35H49NO3/c1-7-8-9-10-11-12-23-39-36-34(2,3)24-31(25-35(36,4)5)30-19-22-33(38-26-30)29-15-13-27(14-16-29)28-17-20-32(37-6)21-18-28/h7,10-11,13-18,20-21,30-31,33H,1,8-9,12,19,22-26H2,2-6H3/b11-10-. The van der Waals surface area contributed by atoms with E-state index in [4.69, 9.17) is 14.3 Å². The van der Waals surface area contributed by atoms with E-state index in [1.807, 2.05) is 18.2 Å². The van der Waals surface area contributed by atoms with Crippen molar-refractivity contribution in [2.75, 3.05) is 20.3 Å². The first-order chi connectivity index (χ1) is 18.7. The monoisotopic (exact) mass is 531 g/mol. The second-order valence-electron chi connectivity index (χ2n) is 12.6. The number of unbranched alkanes of at least 4 members (excludes halogenated alkanes) is 1. The summed E-state index contributed by atoms with van der Waals surface area (Å²) in [6.45, 7) is 14.7. The molecule has 0 bridgehead atoms. The van der Waals surface area contributed by atoms with Crippen molar-refractivity contribution >= 4 is 0 Å². The zero-order valence-corrected chi connectivity index (χ0v) is 24.8. The molecule has 2 aliphatic heterocycles. The zero-order chi connectivity index (χ0) is 27.9. The molecule has 2 unspecified atom stereocenters. The number of benzene rings is 2. The van der Waals surface area contributed by atoms with Gasteiger partial charge in [0.1, 0.15) is 5.75 Å². The highest BCUT2D eigenvalue weighted by atomic mass is 16.7. The highest BCUT2D eigenvalue weighted by molar-refractivity contribution is 5.64. The molecule has 2 atom stereocenters. The van der Waals surface area contributed by atoms with Gasteiger partial charge in [-0.2, -0.15) is 5.06 Å². The molecule has 4 heteroatoms. The molecule has 2 saturated heterocycles. The fourth-order valence-electron chi connectivity index (χ4n) is 6.77. The molecule has 2 aromatic carbocycles. The molecule has 2 aliphatic rings. The second kappa shape index (κ2) is 13.3. The number of nitrogens with zero attached hydrogens (tertiary/aromatic N) is 1. The molecule has 4 nitrogen and oxygen atoms in total. The summed E-state index contributed by atoms with van der Waals surface area (Å²) in [7, 11) is 1.70. The predicted octanol–water partition coefficient (Wildman–Crippen LogP) is 8.94. The Hall–Kier alpha value is -2.40. The van der Waals surface area contributed by atoms with Crippen LogP contribution in [0.15, 0.2) is 73.3 Å². The summed E-state index contributed by atoms with van der Waals surface area (Å²) in [5.74, 6) is 2.13. The lowest BCUT2D eigenvalue weighted by Gasteiger charge is -2.55. The molecule has 39 heavy (non-hydrogen) atoms. The minimum absolute atomic E-state index is 0.00684. The van der Waals surface area contributed by atoms with Crippen molar-refractivity contribution in [3.05, 3.63) is 78.9 Å². The Balaban J connectivity index is 1.29. The minimum atomic E-state index is -0.00684. The first-order valence-electron chi connectivity index (χ1n) is 14.8. The van der Waals surface area contributed by atoms with Crippen molar-refractivity contribution in [1.29, 1.82) is 0 Å². The van der Waals surface area contributed by atoms with Crippen molar-refractivity contribution in [3.63, 3.8) is 0 Å². The summed E-state index contributed by atoms with van der Waals surface area (Å²) in [5, 5.41) is 2.30. The van der Waals surface area contributed by atoms with Gasteiger partial charge in [-0.3, -0.25) is 4.84 Å². The van der Waals surface area contributed by atoms with E-state index in [0.717, 1.165) is 57.5 Å². The molecule has 2 fully saturated rings. The van der Waals surface area contributed by atoms with Gasteiger partial charge in [0.2, 0.25) is 0 Å². The van der Waals surface area contributed by atoms with Crippen LogP contribution in [0.2, 0.25) is 0 Å². The van der Waals surface area contributed by atoms with E-state index in [-0.39, 0.29) is 17.2 Å². The van der Waals surface area contributed by atoms with E-state index in [1.54, 1.807) is 7.11 Å². The third-order valence-corrected chi connectivity index (χ3v) is 8.52. The fourth-order valence-corrected chi connectivity index (χ4v) is 6.77. The number of ether oxygens (including phenoxy) is 2. The van der Waals surface area contributed by atoms with E-state index >= 15 is 0 Å². The van der Waals surface area contributed by atoms with Crippen LogP contribution in [0.1, 0.15) is 84.3 Å². The maximum absolute atomic E-state index is 6.51. The summed E-state index contributed by atoms with van der Waals surface area (Å²) in [5.41, 5.74) is 3.69. The van der Waals surface area contributed by atoms with Gasteiger partial charge in [-0.05, 0) is 113 Å². The number of hydroxylamine groups is 2. The number of piperidine rings is 1. The van der Waals surface area contributed by atoms with Gasteiger partial charge < -0.3 is 9.47 Å². The minimum Gasteiger partial charge on any atom is -0.497 e. The fraction of sp³-hybridized carbons (Fsp3) is 0.543. The van der Waals surface area contributed by atoms with E-state index < -0.39 is 0 Å². The van der Waals surface area contributed by atoms with Crippen LogP contribution in [0.25, 0.3) is 11.1 Å². The summed E-state index contributed by atoms with van der Waals surface area (Å²) in [6, 6.07) is 17.1. The normalized spacial score (nSPS) is 23.6. The summed E-state index contributed by atoms with van der Waals surface area (Å²) < 4.78 is 11.8. The van der Waals surface area contributed by atoms with Gasteiger partial charge in [0.25, 0.3) is 0 Å². The number of rotatable bonds is 11. The van der Waals surface area contributed by atoms with Gasteiger partial charge in [-0.15, -0.1) is 6.58 Å². The number of hydrogen-bond donors (Lipinski definition) is 0. The quantitative estimate of drug-likeness (QED) is 0.214. The molecule has 212 valence electrons. The molecule has 2 aromatic rings. The van der Waals surface area contributed by atoms with Crippen LogP contribution in [-0.2, 0) is 9.57 Å². The first kappa shape index (κ1) is 29.6. The van der Waals surface area contributed by atoms with E-state index in [0.29, 0.717) is 11.8 Å². The zero-order valence-electron chi connectivity index (χ0n) is 24.8. The van der Waals surface area contributed by atoms with Crippen LogP contribution in [0.5, 0.6) is 5.75 Å². The lowest BCUT2D eigenvalue weighted by atomic mass is 9.69. The Morgan fingerprint density at radius 3 is 2.03 bits per heavy atom. The van der Waals surface area contributed by atoms with E-state index in [2.05, 4.69) is 87.9 Å². The summed E-state index contributed by atoms with van der Waals surface area (Å²) in [4.78, 5) is 6.41. The van der Waals surface area contributed by atoms with Crippen LogP contribution in [-0.4, -0.2) is 36.5 Å². The maximum Gasteiger partial charge on any atom is 0.118 e.